The summed E-state index contributed by atoms with van der Waals surface area (Å²) in [6.07, 6.45) is 3.71. The molecule has 5 rings (SSSR count). The van der Waals surface area contributed by atoms with E-state index in [-0.39, 0.29) is 58.7 Å². The van der Waals surface area contributed by atoms with Crippen LogP contribution in [0.1, 0.15) is 68.1 Å². The second kappa shape index (κ2) is 13.2. The quantitative estimate of drug-likeness (QED) is 0.231. The van der Waals surface area contributed by atoms with Gasteiger partial charge in [0.05, 0.1) is 22.5 Å². The van der Waals surface area contributed by atoms with Gasteiger partial charge in [-0.2, -0.15) is 5.10 Å². The third kappa shape index (κ3) is 7.26. The molecule has 47 heavy (non-hydrogen) atoms. The Hall–Kier alpha value is -4.09. The first kappa shape index (κ1) is 34.3. The van der Waals surface area contributed by atoms with E-state index in [1.165, 1.54) is 29.0 Å². The van der Waals surface area contributed by atoms with Crippen LogP contribution >= 0.6 is 0 Å². The Bertz CT molecular complexity index is 1920. The maximum atomic E-state index is 15.5. The van der Waals surface area contributed by atoms with Crippen LogP contribution in [0.15, 0.2) is 55.1 Å². The summed E-state index contributed by atoms with van der Waals surface area (Å²) in [7, 11) is -1.92. The van der Waals surface area contributed by atoms with Crippen molar-refractivity contribution in [3.63, 3.8) is 0 Å². The average molecular weight is 665 g/mol. The Kier molecular flexibility index (Phi) is 9.62. The van der Waals surface area contributed by atoms with Crippen LogP contribution in [-0.2, 0) is 35.1 Å². The second-order valence-corrected chi connectivity index (χ2v) is 15.5. The highest BCUT2D eigenvalue weighted by atomic mass is 32.2. The maximum absolute atomic E-state index is 15.5. The molecule has 0 aliphatic carbocycles. The van der Waals surface area contributed by atoms with Gasteiger partial charge in [-0.15, -0.1) is 0 Å². The molecule has 0 amide bonds. The second-order valence-electron chi connectivity index (χ2n) is 13.4. The van der Waals surface area contributed by atoms with Crippen LogP contribution in [0.25, 0.3) is 17.5 Å². The van der Waals surface area contributed by atoms with Gasteiger partial charge in [0.15, 0.2) is 33.1 Å². The maximum Gasteiger partial charge on any atom is 0.168 e. The Morgan fingerprint density at radius 2 is 1.87 bits per heavy atom. The van der Waals surface area contributed by atoms with Gasteiger partial charge in [-0.1, -0.05) is 57.2 Å². The van der Waals surface area contributed by atoms with E-state index in [0.29, 0.717) is 37.1 Å². The number of aryl methyl sites for hydroxylation is 1. The number of benzene rings is 3. The Labute approximate surface area is 275 Å². The highest BCUT2D eigenvalue weighted by Gasteiger charge is 2.36. The molecule has 0 saturated heterocycles. The first-order valence-electron chi connectivity index (χ1n) is 15.7. The predicted octanol–water partition coefficient (Wildman–Crippen LogP) is 6.79. The van der Waals surface area contributed by atoms with E-state index < -0.39 is 32.3 Å². The van der Waals surface area contributed by atoms with Gasteiger partial charge in [-0.3, -0.25) is 0 Å². The van der Waals surface area contributed by atoms with Gasteiger partial charge in [0.2, 0.25) is 0 Å². The first-order chi connectivity index (χ1) is 22.2. The zero-order valence-corrected chi connectivity index (χ0v) is 28.1. The van der Waals surface area contributed by atoms with Crippen molar-refractivity contribution >= 4 is 21.6 Å². The smallest absolute Gasteiger partial charge is 0.168 e. The van der Waals surface area contributed by atoms with Gasteiger partial charge in [-0.05, 0) is 67.3 Å². The summed E-state index contributed by atoms with van der Waals surface area (Å²) in [5.41, 5.74) is 7.56. The fourth-order valence-corrected chi connectivity index (χ4v) is 8.53. The normalized spacial score (nSPS) is 19.6. The zero-order valence-electron chi connectivity index (χ0n) is 27.3. The Balaban J connectivity index is 1.70. The molecule has 1 aromatic heterocycles. The molecule has 0 saturated carbocycles. The summed E-state index contributed by atoms with van der Waals surface area (Å²) in [5.74, 6) is -1.01. The van der Waals surface area contributed by atoms with Crippen LogP contribution in [0.3, 0.4) is 0 Å². The number of anilines is 1. The van der Waals surface area contributed by atoms with Crippen LogP contribution in [0, 0.1) is 17.0 Å². The van der Waals surface area contributed by atoms with Crippen LogP contribution in [0.2, 0.25) is 0 Å². The number of hydrogen-bond donors (Lipinski definition) is 2. The Morgan fingerprint density at radius 1 is 1.11 bits per heavy atom. The van der Waals surface area contributed by atoms with Crippen molar-refractivity contribution in [2.75, 3.05) is 23.8 Å². The third-order valence-corrected chi connectivity index (χ3v) is 11.1. The molecule has 1 unspecified atom stereocenters. The number of aliphatic hydroxyl groups is 1. The molecule has 1 aliphatic heterocycles. The molecule has 4 aromatic rings. The lowest BCUT2D eigenvalue weighted by Gasteiger charge is -2.30. The molecule has 2 heterocycles. The van der Waals surface area contributed by atoms with Gasteiger partial charge in [0, 0.05) is 36.5 Å². The van der Waals surface area contributed by atoms with Gasteiger partial charge in [-0.25, -0.2) is 26.9 Å². The highest BCUT2D eigenvalue weighted by molar-refractivity contribution is 7.91. The molecule has 8 nitrogen and oxygen atoms in total. The fourth-order valence-electron chi connectivity index (χ4n) is 6.53. The molecule has 3 N–H and O–H groups in total. The van der Waals surface area contributed by atoms with E-state index in [0.717, 1.165) is 17.2 Å². The molecule has 0 spiro atoms. The van der Waals surface area contributed by atoms with Crippen molar-refractivity contribution in [1.82, 2.24) is 14.8 Å². The minimum Gasteiger partial charge on any atom is -0.454 e. The SMILES string of the molecule is C=Cc1c(N)cc(F)c2c1CCS(=O)(=O)CC(C)(C)CCCC(C)(c1cccc(CCO)c1)c1nc(n(C)n1)-c1cc(ccc1F)O2. The zero-order chi connectivity index (χ0) is 34.1. The van der Waals surface area contributed by atoms with Crippen LogP contribution in [0.4, 0.5) is 14.5 Å². The molecule has 1 aliphatic rings. The highest BCUT2D eigenvalue weighted by Crippen LogP contribution is 2.41. The van der Waals surface area contributed by atoms with Crippen molar-refractivity contribution < 1.29 is 27.0 Å². The van der Waals surface area contributed by atoms with E-state index in [4.69, 9.17) is 20.6 Å². The average Bonchev–Trinajstić information content (AvgIpc) is 3.39. The number of halogens is 2. The number of aromatic nitrogens is 3. The molecule has 250 valence electrons. The number of nitrogens with two attached hydrogens (primary N) is 1. The summed E-state index contributed by atoms with van der Waals surface area (Å²) in [6, 6.07) is 13.0. The molecular formula is C36H42F2N4O4S. The lowest BCUT2D eigenvalue weighted by Crippen LogP contribution is -2.29. The van der Waals surface area contributed by atoms with Crippen molar-refractivity contribution in [2.45, 2.75) is 58.3 Å². The number of fused-ring (bicyclic) bond motifs is 6. The van der Waals surface area contributed by atoms with Crippen LogP contribution < -0.4 is 10.5 Å². The summed E-state index contributed by atoms with van der Waals surface area (Å²) < 4.78 is 65.6. The van der Waals surface area contributed by atoms with Gasteiger partial charge >= 0.3 is 0 Å². The van der Waals surface area contributed by atoms with Crippen molar-refractivity contribution in [3.8, 4) is 22.9 Å². The molecule has 0 radical (unpaired) electrons. The number of sulfone groups is 1. The number of aliphatic hydroxyl groups excluding tert-OH is 1. The summed E-state index contributed by atoms with van der Waals surface area (Å²) in [5, 5.41) is 14.4. The number of rotatable bonds is 4. The van der Waals surface area contributed by atoms with Crippen molar-refractivity contribution in [1.29, 1.82) is 0 Å². The first-order valence-corrected chi connectivity index (χ1v) is 17.5. The molecule has 3 aromatic carbocycles. The minimum absolute atomic E-state index is 0.00314. The van der Waals surface area contributed by atoms with E-state index >= 15 is 8.78 Å². The number of hydrogen-bond acceptors (Lipinski definition) is 7. The Morgan fingerprint density at radius 3 is 2.60 bits per heavy atom. The van der Waals surface area contributed by atoms with Crippen molar-refractivity contribution in [2.24, 2.45) is 12.5 Å². The molecule has 1 atom stereocenters. The fraction of sp³-hybridized carbons (Fsp3) is 0.389. The standard InChI is InChI=1S/C36H42F2N4O4S/c1-6-26-27-14-18-47(44,45)22-35(2,3)15-8-16-36(4,24-10-7-9-23(19-24)13-17-43)34-40-33(42(5)41-34)28-20-25(11-12-29(28)37)46-32(27)30(38)21-31(26)39/h6-7,9-12,19-21,43H,1,8,13-18,22,39H2,2-5H3. The number of nitrogen functional groups attached to an aromatic ring is 1. The summed E-state index contributed by atoms with van der Waals surface area (Å²) in [4.78, 5) is 4.88. The summed E-state index contributed by atoms with van der Waals surface area (Å²) >= 11 is 0. The molecule has 0 fully saturated rings. The van der Waals surface area contributed by atoms with Gasteiger partial charge in [0.25, 0.3) is 0 Å². The topological polar surface area (TPSA) is 120 Å². The number of ether oxygens (including phenoxy) is 1. The van der Waals surface area contributed by atoms with Crippen LogP contribution in [-0.4, -0.2) is 46.4 Å². The molecule has 4 bridgehead atoms. The van der Waals surface area contributed by atoms with Crippen molar-refractivity contribution in [3.05, 3.63) is 94.8 Å². The van der Waals surface area contributed by atoms with E-state index in [9.17, 15) is 13.5 Å². The summed E-state index contributed by atoms with van der Waals surface area (Å²) in [6.45, 7) is 9.70. The number of nitrogens with zero attached hydrogens (tertiary/aromatic N) is 3. The predicted molar refractivity (Wildman–Crippen MR) is 181 cm³/mol. The lowest BCUT2D eigenvalue weighted by atomic mass is 9.75. The lowest BCUT2D eigenvalue weighted by molar-refractivity contribution is 0.299. The van der Waals surface area contributed by atoms with Crippen LogP contribution in [0.5, 0.6) is 11.5 Å². The largest absolute Gasteiger partial charge is 0.454 e. The third-order valence-electron chi connectivity index (χ3n) is 9.04. The monoisotopic (exact) mass is 664 g/mol. The molecule has 11 heteroatoms. The molecular weight excluding hydrogens is 622 g/mol. The van der Waals surface area contributed by atoms with E-state index in [1.807, 2.05) is 45.0 Å². The van der Waals surface area contributed by atoms with E-state index in [1.54, 1.807) is 7.05 Å². The van der Waals surface area contributed by atoms with Gasteiger partial charge < -0.3 is 15.6 Å². The van der Waals surface area contributed by atoms with E-state index in [2.05, 4.69) is 6.58 Å². The van der Waals surface area contributed by atoms with Gasteiger partial charge in [0.1, 0.15) is 11.6 Å². The minimum atomic E-state index is -3.61.